The zero-order chi connectivity index (χ0) is 14.4. The molecule has 0 aliphatic rings. The van der Waals surface area contributed by atoms with Crippen molar-refractivity contribution in [3.05, 3.63) is 38.9 Å². The molecule has 1 aromatic rings. The fraction of sp³-hybridized carbons (Fsp3) is 0.417. The molecule has 0 aromatic heterocycles. The number of hydrogen-bond acceptors (Lipinski definition) is 4. The first kappa shape index (κ1) is 15.4. The second kappa shape index (κ2) is 7.06. The molecular formula is C12H16ClN3O3. The number of nitrogens with one attached hydrogen (secondary N) is 2. The van der Waals surface area contributed by atoms with Crippen LogP contribution in [0.5, 0.6) is 0 Å². The molecule has 0 unspecified atom stereocenters. The first-order chi connectivity index (χ1) is 8.95. The van der Waals surface area contributed by atoms with Crippen LogP contribution < -0.4 is 10.6 Å². The third-order valence-electron chi connectivity index (χ3n) is 2.52. The highest BCUT2D eigenvalue weighted by Crippen LogP contribution is 2.22. The van der Waals surface area contributed by atoms with Gasteiger partial charge in [-0.05, 0) is 25.6 Å². The van der Waals surface area contributed by atoms with Crippen LogP contribution in [-0.4, -0.2) is 30.0 Å². The number of benzene rings is 1. The largest absolute Gasteiger partial charge is 0.350 e. The van der Waals surface area contributed by atoms with Gasteiger partial charge in [-0.3, -0.25) is 14.9 Å². The standard InChI is InChI=1S/C12H16ClN3O3/c1-3-14-8(2)7-15-12(17)10-5-4-9(13)6-11(10)16(18)19/h4-6,8,14H,3,7H2,1-2H3,(H,15,17)/t8-/m1/s1. The molecule has 1 atom stereocenters. The Bertz CT molecular complexity index is 479. The van der Waals surface area contributed by atoms with Crippen molar-refractivity contribution in [1.29, 1.82) is 0 Å². The van der Waals surface area contributed by atoms with Gasteiger partial charge in [0.25, 0.3) is 11.6 Å². The molecule has 7 heteroatoms. The number of nitro groups is 1. The van der Waals surface area contributed by atoms with Gasteiger partial charge in [-0.2, -0.15) is 0 Å². The Labute approximate surface area is 116 Å². The van der Waals surface area contributed by atoms with Gasteiger partial charge >= 0.3 is 0 Å². The van der Waals surface area contributed by atoms with E-state index in [0.717, 1.165) is 6.54 Å². The fourth-order valence-electron chi connectivity index (χ4n) is 1.61. The molecule has 0 fully saturated rings. The second-order valence-corrected chi connectivity index (χ2v) is 4.52. The van der Waals surface area contributed by atoms with E-state index in [1.165, 1.54) is 18.2 Å². The van der Waals surface area contributed by atoms with E-state index in [1.807, 2.05) is 13.8 Å². The summed E-state index contributed by atoms with van der Waals surface area (Å²) in [6.45, 7) is 5.06. The molecule has 19 heavy (non-hydrogen) atoms. The molecule has 0 spiro atoms. The summed E-state index contributed by atoms with van der Waals surface area (Å²) in [5.74, 6) is -0.479. The number of nitro benzene ring substituents is 1. The molecule has 1 amide bonds. The number of likely N-dealkylation sites (N-methyl/N-ethyl adjacent to an activating group) is 1. The SMILES string of the molecule is CCN[C@H](C)CNC(=O)c1ccc(Cl)cc1[N+](=O)[O-]. The number of hydrogen-bond donors (Lipinski definition) is 2. The Morgan fingerprint density at radius 3 is 2.79 bits per heavy atom. The Hall–Kier alpha value is -1.66. The fourth-order valence-corrected chi connectivity index (χ4v) is 1.78. The van der Waals surface area contributed by atoms with Gasteiger partial charge in [0.05, 0.1) is 4.92 Å². The molecule has 1 aromatic carbocycles. The van der Waals surface area contributed by atoms with E-state index in [2.05, 4.69) is 10.6 Å². The van der Waals surface area contributed by atoms with Crippen LogP contribution in [0.2, 0.25) is 5.02 Å². The van der Waals surface area contributed by atoms with Crippen LogP contribution in [0, 0.1) is 10.1 Å². The van der Waals surface area contributed by atoms with Crippen molar-refractivity contribution in [3.8, 4) is 0 Å². The van der Waals surface area contributed by atoms with Crippen LogP contribution in [0.3, 0.4) is 0 Å². The molecule has 0 radical (unpaired) electrons. The van der Waals surface area contributed by atoms with Gasteiger partial charge in [-0.1, -0.05) is 18.5 Å². The summed E-state index contributed by atoms with van der Waals surface area (Å²) in [6.07, 6.45) is 0. The highest BCUT2D eigenvalue weighted by Gasteiger charge is 2.20. The van der Waals surface area contributed by atoms with E-state index in [9.17, 15) is 14.9 Å². The lowest BCUT2D eigenvalue weighted by Gasteiger charge is -2.13. The highest BCUT2D eigenvalue weighted by molar-refractivity contribution is 6.31. The number of carbonyl (C=O) groups is 1. The van der Waals surface area contributed by atoms with E-state index in [-0.39, 0.29) is 22.3 Å². The topological polar surface area (TPSA) is 84.3 Å². The van der Waals surface area contributed by atoms with Crippen LogP contribution in [0.1, 0.15) is 24.2 Å². The first-order valence-corrected chi connectivity index (χ1v) is 6.29. The second-order valence-electron chi connectivity index (χ2n) is 4.09. The zero-order valence-corrected chi connectivity index (χ0v) is 11.5. The van der Waals surface area contributed by atoms with Gasteiger partial charge in [-0.25, -0.2) is 0 Å². The molecule has 0 saturated heterocycles. The van der Waals surface area contributed by atoms with Crippen molar-refractivity contribution >= 4 is 23.2 Å². The molecule has 0 bridgehead atoms. The monoisotopic (exact) mass is 285 g/mol. The first-order valence-electron chi connectivity index (χ1n) is 5.91. The van der Waals surface area contributed by atoms with Gasteiger partial charge in [0, 0.05) is 23.7 Å². The summed E-state index contributed by atoms with van der Waals surface area (Å²) in [4.78, 5) is 22.2. The molecule has 0 aliphatic heterocycles. The lowest BCUT2D eigenvalue weighted by molar-refractivity contribution is -0.385. The van der Waals surface area contributed by atoms with Gasteiger partial charge in [0.2, 0.25) is 0 Å². The number of nitrogens with zero attached hydrogens (tertiary/aromatic N) is 1. The molecule has 6 nitrogen and oxygen atoms in total. The Balaban J connectivity index is 2.79. The lowest BCUT2D eigenvalue weighted by Crippen LogP contribution is -2.38. The lowest BCUT2D eigenvalue weighted by atomic mass is 10.1. The number of rotatable bonds is 6. The Morgan fingerprint density at radius 2 is 2.21 bits per heavy atom. The predicted octanol–water partition coefficient (Wildman–Crippen LogP) is 1.98. The number of halogens is 1. The van der Waals surface area contributed by atoms with Gasteiger partial charge in [0.1, 0.15) is 5.56 Å². The van der Waals surface area contributed by atoms with E-state index < -0.39 is 10.8 Å². The molecular weight excluding hydrogens is 270 g/mol. The number of carbonyl (C=O) groups excluding carboxylic acids is 1. The molecule has 1 rings (SSSR count). The molecule has 2 N–H and O–H groups in total. The Kier molecular flexibility index (Phi) is 5.72. The normalized spacial score (nSPS) is 11.9. The maximum absolute atomic E-state index is 11.9. The van der Waals surface area contributed by atoms with Crippen LogP contribution in [-0.2, 0) is 0 Å². The van der Waals surface area contributed by atoms with E-state index in [4.69, 9.17) is 11.6 Å². The van der Waals surface area contributed by atoms with Gasteiger partial charge in [0.15, 0.2) is 0 Å². The molecule has 0 saturated carbocycles. The van der Waals surface area contributed by atoms with Crippen LogP contribution in [0.15, 0.2) is 18.2 Å². The summed E-state index contributed by atoms with van der Waals surface area (Å²) >= 11 is 5.69. The third kappa shape index (κ3) is 4.50. The van der Waals surface area contributed by atoms with Crippen molar-refractivity contribution in [1.82, 2.24) is 10.6 Å². The van der Waals surface area contributed by atoms with Crippen LogP contribution in [0.4, 0.5) is 5.69 Å². The molecule has 0 heterocycles. The minimum Gasteiger partial charge on any atom is -0.350 e. The van der Waals surface area contributed by atoms with Crippen LogP contribution >= 0.6 is 11.6 Å². The summed E-state index contributed by atoms with van der Waals surface area (Å²) in [5.41, 5.74) is -0.279. The minimum absolute atomic E-state index is 0.0121. The average molecular weight is 286 g/mol. The van der Waals surface area contributed by atoms with Crippen molar-refractivity contribution in [2.24, 2.45) is 0 Å². The maximum Gasteiger partial charge on any atom is 0.283 e. The van der Waals surface area contributed by atoms with E-state index in [0.29, 0.717) is 6.54 Å². The summed E-state index contributed by atoms with van der Waals surface area (Å²) in [5, 5.41) is 16.9. The van der Waals surface area contributed by atoms with Gasteiger partial charge < -0.3 is 10.6 Å². The van der Waals surface area contributed by atoms with Crippen LogP contribution in [0.25, 0.3) is 0 Å². The summed E-state index contributed by atoms with van der Waals surface area (Å²) in [7, 11) is 0. The smallest absolute Gasteiger partial charge is 0.283 e. The average Bonchev–Trinajstić information content (AvgIpc) is 2.36. The van der Waals surface area contributed by atoms with Crippen molar-refractivity contribution in [2.45, 2.75) is 19.9 Å². The highest BCUT2D eigenvalue weighted by atomic mass is 35.5. The maximum atomic E-state index is 11.9. The number of amides is 1. The van der Waals surface area contributed by atoms with Crippen molar-refractivity contribution in [2.75, 3.05) is 13.1 Å². The van der Waals surface area contributed by atoms with E-state index in [1.54, 1.807) is 0 Å². The molecule has 0 aliphatic carbocycles. The van der Waals surface area contributed by atoms with E-state index >= 15 is 0 Å². The molecule has 104 valence electrons. The zero-order valence-electron chi connectivity index (χ0n) is 10.8. The van der Waals surface area contributed by atoms with Crippen molar-refractivity contribution < 1.29 is 9.72 Å². The predicted molar refractivity (Wildman–Crippen MR) is 73.6 cm³/mol. The summed E-state index contributed by atoms with van der Waals surface area (Å²) < 4.78 is 0. The van der Waals surface area contributed by atoms with Gasteiger partial charge in [-0.15, -0.1) is 0 Å². The van der Waals surface area contributed by atoms with Crippen molar-refractivity contribution in [3.63, 3.8) is 0 Å². The quantitative estimate of drug-likeness (QED) is 0.618. The Morgan fingerprint density at radius 1 is 1.53 bits per heavy atom. The summed E-state index contributed by atoms with van der Waals surface area (Å²) in [6, 6.07) is 4.08. The minimum atomic E-state index is -0.617. The third-order valence-corrected chi connectivity index (χ3v) is 2.76.